The number of carbonyl (C=O) groups excluding carboxylic acids is 5. The van der Waals surface area contributed by atoms with Crippen molar-refractivity contribution in [2.45, 2.75) is 398 Å². The highest BCUT2D eigenvalue weighted by Crippen LogP contribution is 2.16. The number of aromatic amines is 7. The van der Waals surface area contributed by atoms with Gasteiger partial charge in [-0.15, -0.1) is 35.7 Å². The molecule has 0 aromatic carbocycles. The number of primary amides is 2. The Bertz CT molecular complexity index is 3820. The standard InChI is InChI=1S/C9H16N2.2C8H16O.2C7H16N2.2C7H15NO.C6H10N2.C5H9N3.2C5H5NO.3C4H8N4.2C4H9NO.2C4H10/c1-6(2)8-5-10-9(11-8)7(3)4;2*1-6(2)5-8(9)7(3)4;2*1-5(2)7(8)9-6(3)4;2*1-5(2)7(9)8-6(3)4;1-5(2)6-3-7-4-8-6;1-4(2)5-3-6-8-7-5;2*7-5-3-1-2-4-6-5;3*1-3(2)4-5-7-8-6-4;2*1-3(2)4(5)6;2*1-4(2)3/h5-7H,1-4H3,(H,10,11);6-7H,5H2,1-4H3;5-7,9H,1-4H3;2*5-6H,1-4H3,(H2,8,9);2*5-6H,1-4H3,(H,8,9);3-5H,1-2H3,(H,7,8);4H,3H2,1-2H3;2*1-4H,(H,6,7);3*3H,1-2H3,(H,5,6,7,8);2*3H,1-2H3,(H2,5,6);2*4H,1-3H3/b;;8-5-;;;;;;;;;;;;;;;. The molecule has 139 heavy (non-hydrogen) atoms. The number of Topliss-reactive ketones (excluding diaryl/α,β-unsaturated/α-hetero) is 1. The van der Waals surface area contributed by atoms with Crippen molar-refractivity contribution in [3.63, 3.8) is 0 Å². The van der Waals surface area contributed by atoms with Crippen LogP contribution in [0.4, 0.5) is 0 Å². The number of rotatable bonds is 22. The second kappa shape index (κ2) is 91.9. The first-order chi connectivity index (χ1) is 63.9. The minimum atomic E-state index is -0.241. The average molecular weight is 1960 g/mol. The minimum Gasteiger partial charge on any atom is -0.512 e. The number of aliphatic hydroxyl groups excluding tert-OH is 1. The number of aliphatic hydroxyl groups is 1. The molecule has 0 fully saturated rings. The number of imidazole rings is 2. The minimum absolute atomic E-state index is 0.00926. The van der Waals surface area contributed by atoms with Crippen LogP contribution in [0.25, 0.3) is 0 Å². The second-order valence-electron chi connectivity index (χ2n) is 40.1. The highest BCUT2D eigenvalue weighted by Gasteiger charge is 2.13. The van der Waals surface area contributed by atoms with Gasteiger partial charge < -0.3 is 58.6 Å². The molecule has 0 unspecified atom stereocenters. The molecule has 0 atom stereocenters. The number of hydrogen-bond donors (Lipinski definition) is 14. The Hall–Kier alpha value is -11.2. The average Bonchev–Trinajstić information content (AvgIpc) is 1.75. The topological polar surface area (TPSA) is 582 Å². The molecule has 37 heteroatoms. The van der Waals surface area contributed by atoms with E-state index in [4.69, 9.17) is 28.0 Å². The number of hydrogen-bond acceptors (Lipinski definition) is 24. The van der Waals surface area contributed by atoms with Crippen LogP contribution >= 0.6 is 0 Å². The van der Waals surface area contributed by atoms with Gasteiger partial charge in [-0.2, -0.15) is 20.8 Å². The fraction of sp³-hybridized carbons (Fsp3) is 0.716. The summed E-state index contributed by atoms with van der Waals surface area (Å²) in [6, 6.07) is 11.0. The lowest BCUT2D eigenvalue weighted by atomic mass is 9.99. The van der Waals surface area contributed by atoms with E-state index in [1.807, 2.05) is 198 Å². The summed E-state index contributed by atoms with van der Waals surface area (Å²) in [6.07, 6.45) is 11.3. The van der Waals surface area contributed by atoms with Gasteiger partial charge in [0.1, 0.15) is 18.2 Å². The zero-order chi connectivity index (χ0) is 111. The van der Waals surface area contributed by atoms with Crippen LogP contribution in [0.3, 0.4) is 0 Å². The number of nitrogens with two attached hydrogens (primary N) is 4. The van der Waals surface area contributed by atoms with Crippen molar-refractivity contribution in [3.8, 4) is 0 Å². The van der Waals surface area contributed by atoms with Gasteiger partial charge >= 0.3 is 0 Å². The van der Waals surface area contributed by atoms with E-state index in [9.17, 15) is 33.6 Å². The maximum absolute atomic E-state index is 11.0. The molecular weight excluding hydrogens is 1760 g/mol. The van der Waals surface area contributed by atoms with Crippen molar-refractivity contribution in [1.29, 1.82) is 0 Å². The van der Waals surface area contributed by atoms with E-state index in [0.29, 0.717) is 95.3 Å². The molecule has 8 rings (SSSR count). The Kier molecular flexibility index (Phi) is 97.9. The number of nitrogens with zero attached hydrogens (tertiary/aromatic N) is 16. The fourth-order valence-corrected chi connectivity index (χ4v) is 7.01. The van der Waals surface area contributed by atoms with Gasteiger partial charge in [0.15, 0.2) is 17.5 Å². The van der Waals surface area contributed by atoms with Crippen LogP contribution in [0.1, 0.15) is 409 Å². The van der Waals surface area contributed by atoms with E-state index >= 15 is 0 Å². The van der Waals surface area contributed by atoms with Gasteiger partial charge in [0.25, 0.3) is 0 Å². The molecule has 37 nitrogen and oxygen atoms in total. The molecule has 7 aromatic rings. The van der Waals surface area contributed by atoms with E-state index in [0.717, 1.165) is 58.9 Å². The van der Waals surface area contributed by atoms with Gasteiger partial charge in [-0.3, -0.25) is 43.5 Å². The summed E-state index contributed by atoms with van der Waals surface area (Å²) in [7, 11) is 0. The third kappa shape index (κ3) is 112. The molecule has 1 aliphatic heterocycles. The number of tetrazole rings is 3. The number of amidine groups is 2. The molecule has 0 saturated heterocycles. The van der Waals surface area contributed by atoms with Crippen LogP contribution < -0.4 is 44.7 Å². The molecule has 18 N–H and O–H groups in total. The molecule has 0 aliphatic carbocycles. The van der Waals surface area contributed by atoms with E-state index < -0.39 is 0 Å². The molecule has 0 saturated carbocycles. The number of nitrogens with one attached hydrogen (secondary N) is 9. The van der Waals surface area contributed by atoms with Crippen LogP contribution in [0.2, 0.25) is 0 Å². The quantitative estimate of drug-likeness (QED) is 0.0170. The number of aromatic nitrogens is 18. The van der Waals surface area contributed by atoms with E-state index in [-0.39, 0.29) is 82.3 Å². The van der Waals surface area contributed by atoms with Crippen molar-refractivity contribution in [2.24, 2.45) is 125 Å². The number of pyridine rings is 2. The molecule has 0 bridgehead atoms. The maximum Gasteiger partial charge on any atom is 0.247 e. The lowest BCUT2D eigenvalue weighted by Gasteiger charge is -2.09. The van der Waals surface area contributed by atoms with Gasteiger partial charge in [0, 0.05) is 150 Å². The summed E-state index contributed by atoms with van der Waals surface area (Å²) in [5, 5.41) is 65.8. The molecule has 1 aliphatic rings. The number of ketones is 1. The SMILES string of the molecule is CC(C)/C=C(\O)C(C)C.CC(C)C.CC(C)C.CC(C)C(N)=O.CC(C)C(N)=O.CC(C)C1=NN=NC1.CC(C)CC(=O)C(C)C.CC(C)N=C(N)C(C)C.CC(C)N=C(N)C(C)C.CC(C)NC(=O)C(C)C.CC(C)NC(=O)C(C)C.CC(C)c1cnc(C(C)C)[nH]1.CC(C)c1cnc[nH]1.CC(C)c1nn[nH]n1.CC(C)c1nn[nH]n1.CC(C)c1nn[nH]n1.O=c1cccc[nH]1.O=c1cccc[nH]1. The Balaban J connectivity index is -0.000000159. The molecule has 0 radical (unpaired) electrons. The number of H-pyrrole nitrogens is 7. The predicted octanol–water partition coefficient (Wildman–Crippen LogP) is 21.1. The van der Waals surface area contributed by atoms with Gasteiger partial charge in [-0.25, -0.2) is 9.97 Å². The molecule has 8 heterocycles. The molecule has 7 aromatic heterocycles. The van der Waals surface area contributed by atoms with Crippen molar-refractivity contribution in [2.75, 3.05) is 6.54 Å². The Morgan fingerprint density at radius 3 is 0.863 bits per heavy atom. The summed E-state index contributed by atoms with van der Waals surface area (Å²) in [4.78, 5) is 101. The normalized spacial score (nSPS) is 11.1. The lowest BCUT2D eigenvalue weighted by Crippen LogP contribution is -2.33. The molecule has 802 valence electrons. The van der Waals surface area contributed by atoms with Crippen LogP contribution in [-0.4, -0.2) is 174 Å². The largest absolute Gasteiger partial charge is 0.512 e. The van der Waals surface area contributed by atoms with Gasteiger partial charge in [-0.05, 0) is 120 Å². The summed E-state index contributed by atoms with van der Waals surface area (Å²) in [5.41, 5.74) is 24.1. The molecule has 4 amide bonds. The number of allylic oxidation sites excluding steroid dienone is 2. The summed E-state index contributed by atoms with van der Waals surface area (Å²) >= 11 is 0. The summed E-state index contributed by atoms with van der Waals surface area (Å²) in [5.74, 6) is 12.9. The highest BCUT2D eigenvalue weighted by atomic mass is 16.3. The van der Waals surface area contributed by atoms with E-state index in [2.05, 4.69) is 252 Å². The van der Waals surface area contributed by atoms with Crippen molar-refractivity contribution < 1.29 is 29.1 Å². The predicted molar refractivity (Wildman–Crippen MR) is 579 cm³/mol. The Labute approximate surface area is 839 Å². The van der Waals surface area contributed by atoms with Crippen LogP contribution in [0.15, 0.2) is 114 Å². The Morgan fingerprint density at radius 1 is 0.417 bits per heavy atom. The summed E-state index contributed by atoms with van der Waals surface area (Å²) in [6.45, 7) is 97.7. The zero-order valence-corrected chi connectivity index (χ0v) is 95.4. The molecular formula is C102H201N29O8. The third-order valence-corrected chi connectivity index (χ3v) is 15.5. The Morgan fingerprint density at radius 2 is 0.755 bits per heavy atom. The first-order valence-corrected chi connectivity index (χ1v) is 49.1. The third-order valence-electron chi connectivity index (χ3n) is 15.5. The van der Waals surface area contributed by atoms with E-state index in [1.54, 1.807) is 70.7 Å². The summed E-state index contributed by atoms with van der Waals surface area (Å²) < 4.78 is 0. The van der Waals surface area contributed by atoms with Crippen LogP contribution in [-0.2, 0) is 24.0 Å². The van der Waals surface area contributed by atoms with Gasteiger partial charge in [-0.1, -0.05) is 305 Å². The monoisotopic (exact) mass is 1960 g/mol. The first-order valence-electron chi connectivity index (χ1n) is 49.1. The lowest BCUT2D eigenvalue weighted by molar-refractivity contribution is -0.125. The van der Waals surface area contributed by atoms with Gasteiger partial charge in [0.2, 0.25) is 34.7 Å². The van der Waals surface area contributed by atoms with Crippen LogP contribution in [0.5, 0.6) is 0 Å². The van der Waals surface area contributed by atoms with Crippen molar-refractivity contribution in [1.82, 2.24) is 102 Å². The highest BCUT2D eigenvalue weighted by molar-refractivity contribution is 5.88. The van der Waals surface area contributed by atoms with Crippen LogP contribution in [0, 0.1) is 76.9 Å². The van der Waals surface area contributed by atoms with E-state index in [1.165, 1.54) is 23.5 Å². The molecule has 0 spiro atoms. The zero-order valence-electron chi connectivity index (χ0n) is 95.4. The number of amides is 4. The second-order valence-corrected chi connectivity index (χ2v) is 40.1. The maximum atomic E-state index is 11.0. The number of carbonyl (C=O) groups is 5. The first kappa shape index (κ1) is 148. The van der Waals surface area contributed by atoms with Crippen molar-refractivity contribution >= 4 is 46.8 Å². The van der Waals surface area contributed by atoms with Crippen molar-refractivity contribution in [3.05, 3.63) is 135 Å². The smallest absolute Gasteiger partial charge is 0.247 e. The van der Waals surface area contributed by atoms with Gasteiger partial charge in [0.05, 0.1) is 29.5 Å². The number of aliphatic imine (C=N–C) groups is 2. The fourth-order valence-electron chi connectivity index (χ4n) is 7.01.